The molecule has 76 valence electrons. The molecule has 0 saturated heterocycles. The van der Waals surface area contributed by atoms with Gasteiger partial charge in [-0.05, 0) is 17.4 Å². The lowest BCUT2D eigenvalue weighted by Crippen LogP contribution is -2.28. The third-order valence-corrected chi connectivity index (χ3v) is 2.76. The van der Waals surface area contributed by atoms with Crippen LogP contribution >= 0.6 is 0 Å². The number of carboxylic acid groups (broad SMARTS) is 1. The minimum Gasteiger partial charge on any atom is -0.545 e. The van der Waals surface area contributed by atoms with Gasteiger partial charge in [-0.25, -0.2) is 0 Å². The van der Waals surface area contributed by atoms with E-state index >= 15 is 0 Å². The summed E-state index contributed by atoms with van der Waals surface area (Å²) in [6.07, 6.45) is 0.900. The van der Waals surface area contributed by atoms with E-state index in [1.54, 1.807) is 12.1 Å². The number of aromatic carboxylic acids is 1. The number of carbonyl (C=O) groups is 1. The molecule has 0 spiro atoms. The highest BCUT2D eigenvalue weighted by atomic mass is 16.4. The van der Waals surface area contributed by atoms with E-state index in [1.165, 1.54) is 0 Å². The first-order chi connectivity index (χ1) is 6.49. The van der Waals surface area contributed by atoms with Gasteiger partial charge in [0.15, 0.2) is 0 Å². The maximum absolute atomic E-state index is 10.9. The molecule has 0 N–H and O–H groups in total. The summed E-state index contributed by atoms with van der Waals surface area (Å²) in [7, 11) is 0. The molecule has 1 aromatic carbocycles. The van der Waals surface area contributed by atoms with Crippen molar-refractivity contribution in [2.45, 2.75) is 32.6 Å². The van der Waals surface area contributed by atoms with Crippen LogP contribution in [0.3, 0.4) is 0 Å². The van der Waals surface area contributed by atoms with E-state index in [-0.39, 0.29) is 5.41 Å². The fourth-order valence-electron chi connectivity index (χ4n) is 1.44. The number of carbonyl (C=O) groups excluding carboxylic acids is 1. The van der Waals surface area contributed by atoms with Gasteiger partial charge in [-0.1, -0.05) is 45.0 Å². The van der Waals surface area contributed by atoms with Crippen LogP contribution in [0.2, 0.25) is 0 Å². The zero-order valence-electron chi connectivity index (χ0n) is 8.83. The summed E-state index contributed by atoms with van der Waals surface area (Å²) in [5.41, 5.74) is 1.04. The van der Waals surface area contributed by atoms with E-state index in [1.807, 2.05) is 32.9 Å². The third-order valence-electron chi connectivity index (χ3n) is 2.76. The number of carboxylic acids is 1. The molecule has 0 bridgehead atoms. The topological polar surface area (TPSA) is 40.1 Å². The van der Waals surface area contributed by atoms with Crippen molar-refractivity contribution in [1.82, 2.24) is 0 Å². The van der Waals surface area contributed by atoms with Gasteiger partial charge < -0.3 is 9.90 Å². The van der Waals surface area contributed by atoms with Gasteiger partial charge in [-0.2, -0.15) is 0 Å². The Morgan fingerprint density at radius 2 is 1.93 bits per heavy atom. The first kappa shape index (κ1) is 10.8. The van der Waals surface area contributed by atoms with E-state index < -0.39 is 5.97 Å². The predicted molar refractivity (Wildman–Crippen MR) is 54.1 cm³/mol. The third kappa shape index (κ3) is 1.95. The Hall–Kier alpha value is -1.31. The van der Waals surface area contributed by atoms with Crippen molar-refractivity contribution < 1.29 is 9.90 Å². The van der Waals surface area contributed by atoms with E-state index in [0.717, 1.165) is 12.0 Å². The second-order valence-electron chi connectivity index (χ2n) is 4.07. The Morgan fingerprint density at radius 3 is 2.43 bits per heavy atom. The molecule has 0 atom stereocenters. The summed E-state index contributed by atoms with van der Waals surface area (Å²) in [5, 5.41) is 10.9. The van der Waals surface area contributed by atoms with Crippen LogP contribution in [0.15, 0.2) is 24.3 Å². The van der Waals surface area contributed by atoms with Gasteiger partial charge in [-0.3, -0.25) is 0 Å². The first-order valence-electron chi connectivity index (χ1n) is 4.80. The summed E-state index contributed by atoms with van der Waals surface area (Å²) in [6, 6.07) is 7.04. The Kier molecular flexibility index (Phi) is 2.94. The van der Waals surface area contributed by atoms with E-state index in [9.17, 15) is 9.90 Å². The fraction of sp³-hybridized carbons (Fsp3) is 0.417. The number of rotatable bonds is 3. The quantitative estimate of drug-likeness (QED) is 0.730. The molecule has 0 radical (unpaired) electrons. The molecule has 0 aromatic heterocycles. The standard InChI is InChI=1S/C12H16O2/c1-4-12(2,3)10-8-6-5-7-9(10)11(13)14/h5-8H,4H2,1-3H3,(H,13,14)/p-1. The first-order valence-corrected chi connectivity index (χ1v) is 4.80. The predicted octanol–water partition coefficient (Wildman–Crippen LogP) is 1.74. The van der Waals surface area contributed by atoms with Gasteiger partial charge in [-0.15, -0.1) is 0 Å². The van der Waals surface area contributed by atoms with E-state index in [4.69, 9.17) is 0 Å². The molecular weight excluding hydrogens is 176 g/mol. The summed E-state index contributed by atoms with van der Waals surface area (Å²) in [5.74, 6) is -1.10. The van der Waals surface area contributed by atoms with Gasteiger partial charge >= 0.3 is 0 Å². The Bertz CT molecular complexity index is 340. The highest BCUT2D eigenvalue weighted by molar-refractivity contribution is 5.88. The van der Waals surface area contributed by atoms with Crippen LogP contribution in [0.25, 0.3) is 0 Å². The molecule has 0 saturated carbocycles. The highest BCUT2D eigenvalue weighted by Crippen LogP contribution is 2.29. The van der Waals surface area contributed by atoms with Crippen LogP contribution in [0.5, 0.6) is 0 Å². The zero-order valence-corrected chi connectivity index (χ0v) is 8.83. The average molecular weight is 191 g/mol. The molecule has 1 rings (SSSR count). The van der Waals surface area contributed by atoms with Crippen molar-refractivity contribution >= 4 is 5.97 Å². The molecular formula is C12H15O2-. The van der Waals surface area contributed by atoms with Crippen LogP contribution in [-0.4, -0.2) is 5.97 Å². The average Bonchev–Trinajstić information content (AvgIpc) is 2.18. The minimum atomic E-state index is -1.10. The summed E-state index contributed by atoms with van der Waals surface area (Å²) in [6.45, 7) is 6.12. The van der Waals surface area contributed by atoms with Gasteiger partial charge in [0.05, 0.1) is 5.97 Å². The molecule has 0 unspecified atom stereocenters. The smallest absolute Gasteiger partial charge is 0.0718 e. The normalized spacial score (nSPS) is 11.4. The largest absolute Gasteiger partial charge is 0.545 e. The molecule has 0 amide bonds. The minimum absolute atomic E-state index is 0.114. The monoisotopic (exact) mass is 191 g/mol. The summed E-state index contributed by atoms with van der Waals surface area (Å²) < 4.78 is 0. The molecule has 2 nitrogen and oxygen atoms in total. The molecule has 14 heavy (non-hydrogen) atoms. The maximum atomic E-state index is 10.9. The van der Waals surface area contributed by atoms with Crippen LogP contribution in [0.4, 0.5) is 0 Å². The molecule has 0 fully saturated rings. The lowest BCUT2D eigenvalue weighted by atomic mass is 9.80. The van der Waals surface area contributed by atoms with Crippen molar-refractivity contribution in [3.05, 3.63) is 35.4 Å². The van der Waals surface area contributed by atoms with Crippen molar-refractivity contribution in [2.75, 3.05) is 0 Å². The van der Waals surface area contributed by atoms with Crippen LogP contribution in [0, 0.1) is 0 Å². The van der Waals surface area contributed by atoms with Crippen molar-refractivity contribution in [2.24, 2.45) is 0 Å². The molecule has 1 aromatic rings. The fourth-order valence-corrected chi connectivity index (χ4v) is 1.44. The Morgan fingerprint density at radius 1 is 1.36 bits per heavy atom. The van der Waals surface area contributed by atoms with Crippen LogP contribution in [-0.2, 0) is 5.41 Å². The molecule has 0 aliphatic carbocycles. The molecule has 2 heteroatoms. The number of hydrogen-bond donors (Lipinski definition) is 0. The van der Waals surface area contributed by atoms with E-state index in [0.29, 0.717) is 5.56 Å². The van der Waals surface area contributed by atoms with Gasteiger partial charge in [0.1, 0.15) is 0 Å². The number of hydrogen-bond acceptors (Lipinski definition) is 2. The number of benzene rings is 1. The van der Waals surface area contributed by atoms with Crippen LogP contribution in [0.1, 0.15) is 43.1 Å². The summed E-state index contributed by atoms with van der Waals surface area (Å²) in [4.78, 5) is 10.9. The second kappa shape index (κ2) is 3.82. The molecule has 0 heterocycles. The van der Waals surface area contributed by atoms with E-state index in [2.05, 4.69) is 0 Å². The van der Waals surface area contributed by atoms with Crippen molar-refractivity contribution in [1.29, 1.82) is 0 Å². The maximum Gasteiger partial charge on any atom is 0.0718 e. The molecule has 0 aliphatic heterocycles. The van der Waals surface area contributed by atoms with Crippen molar-refractivity contribution in [3.63, 3.8) is 0 Å². The Balaban J connectivity index is 3.27. The molecule has 0 aliphatic rings. The summed E-state index contributed by atoms with van der Waals surface area (Å²) >= 11 is 0. The lowest BCUT2D eigenvalue weighted by molar-refractivity contribution is -0.255. The SMILES string of the molecule is CCC(C)(C)c1ccccc1C(=O)[O-]. The highest BCUT2D eigenvalue weighted by Gasteiger charge is 2.21. The van der Waals surface area contributed by atoms with Gasteiger partial charge in [0, 0.05) is 5.56 Å². The van der Waals surface area contributed by atoms with Gasteiger partial charge in [0.25, 0.3) is 0 Å². The zero-order chi connectivity index (χ0) is 10.8. The Labute approximate surface area is 84.6 Å². The van der Waals surface area contributed by atoms with Crippen molar-refractivity contribution in [3.8, 4) is 0 Å². The second-order valence-corrected chi connectivity index (χ2v) is 4.07. The van der Waals surface area contributed by atoms with Gasteiger partial charge in [0.2, 0.25) is 0 Å². The van der Waals surface area contributed by atoms with Crippen LogP contribution < -0.4 is 5.11 Å². The lowest BCUT2D eigenvalue weighted by Gasteiger charge is -2.26.